The summed E-state index contributed by atoms with van der Waals surface area (Å²) in [5.41, 5.74) is 7.10. The summed E-state index contributed by atoms with van der Waals surface area (Å²) in [7, 11) is 1.90. The van der Waals surface area contributed by atoms with E-state index in [0.717, 1.165) is 53.9 Å². The summed E-state index contributed by atoms with van der Waals surface area (Å²) in [6.07, 6.45) is -0.778. The fourth-order valence-electron chi connectivity index (χ4n) is 7.16. The maximum atomic E-state index is 14.0. The Morgan fingerprint density at radius 3 is 2.12 bits per heavy atom. The van der Waals surface area contributed by atoms with E-state index in [4.69, 9.17) is 28.7 Å². The van der Waals surface area contributed by atoms with Crippen molar-refractivity contribution in [1.82, 2.24) is 25.5 Å². The van der Waals surface area contributed by atoms with Gasteiger partial charge in [-0.25, -0.2) is 9.97 Å². The molecule has 0 bridgehead atoms. The zero-order chi connectivity index (χ0) is 45.6. The Kier molecular flexibility index (Phi) is 17.6. The molecule has 3 amide bonds. The van der Waals surface area contributed by atoms with Crippen molar-refractivity contribution in [2.75, 3.05) is 78.4 Å². The number of carbonyl (C=O) groups excluding carboxylic acids is 3. The molecule has 2 aromatic heterocycles. The lowest BCUT2D eigenvalue weighted by molar-refractivity contribution is -0.144. The molecule has 6 rings (SSSR count). The van der Waals surface area contributed by atoms with Crippen molar-refractivity contribution in [1.29, 1.82) is 0 Å². The van der Waals surface area contributed by atoms with Crippen molar-refractivity contribution in [3.05, 3.63) is 83.5 Å². The highest BCUT2D eigenvalue weighted by molar-refractivity contribution is 7.21. The van der Waals surface area contributed by atoms with Gasteiger partial charge >= 0.3 is 0 Å². The largest absolute Gasteiger partial charge is 0.491 e. The zero-order valence-corrected chi connectivity index (χ0v) is 39.0. The molecule has 4 N–H and O–H groups in total. The third-order valence-electron chi connectivity index (χ3n) is 10.7. The van der Waals surface area contributed by atoms with Crippen molar-refractivity contribution in [3.63, 3.8) is 0 Å². The monoisotopic (exact) mass is 916 g/mol. The van der Waals surface area contributed by atoms with Gasteiger partial charge in [0.25, 0.3) is 0 Å². The van der Waals surface area contributed by atoms with Crippen LogP contribution >= 0.6 is 22.7 Å². The van der Waals surface area contributed by atoms with E-state index in [9.17, 15) is 19.5 Å². The van der Waals surface area contributed by atoms with Crippen molar-refractivity contribution >= 4 is 56.3 Å². The topological polar surface area (TPSA) is 183 Å². The van der Waals surface area contributed by atoms with Crippen LogP contribution in [-0.4, -0.2) is 129 Å². The molecule has 64 heavy (non-hydrogen) atoms. The van der Waals surface area contributed by atoms with Crippen molar-refractivity contribution in [2.45, 2.75) is 65.3 Å². The predicted molar refractivity (Wildman–Crippen MR) is 250 cm³/mol. The number of aryl methyl sites for hydroxylation is 1. The quantitative estimate of drug-likeness (QED) is 0.0542. The summed E-state index contributed by atoms with van der Waals surface area (Å²) < 4.78 is 29.3. The maximum absolute atomic E-state index is 14.0. The number of nitrogens with zero attached hydrogens (tertiary/aromatic N) is 3. The third-order valence-corrected chi connectivity index (χ3v) is 12.7. The second kappa shape index (κ2) is 23.3. The number of benzene rings is 3. The number of carbonyl (C=O) groups is 3. The van der Waals surface area contributed by atoms with Crippen LogP contribution in [0.25, 0.3) is 31.2 Å². The lowest BCUT2D eigenvalue weighted by Crippen LogP contribution is -2.58. The van der Waals surface area contributed by atoms with Gasteiger partial charge in [-0.1, -0.05) is 45.0 Å². The highest BCUT2D eigenvalue weighted by Crippen LogP contribution is 2.33. The Bertz CT molecular complexity index is 2280. The van der Waals surface area contributed by atoms with Gasteiger partial charge in [0.15, 0.2) is 0 Å². The number of ether oxygens (including phenoxy) is 5. The lowest BCUT2D eigenvalue weighted by Gasteiger charge is -2.35. The molecule has 0 radical (unpaired) electrons. The van der Waals surface area contributed by atoms with Crippen LogP contribution in [0.15, 0.2) is 72.2 Å². The van der Waals surface area contributed by atoms with Crippen LogP contribution in [-0.2, 0) is 33.3 Å². The molecule has 15 nitrogen and oxygen atoms in total. The first-order valence-electron chi connectivity index (χ1n) is 21.5. The number of aromatic nitrogens is 2. The first kappa shape index (κ1) is 48.4. The van der Waals surface area contributed by atoms with Gasteiger partial charge in [0.1, 0.15) is 36.1 Å². The van der Waals surface area contributed by atoms with Gasteiger partial charge < -0.3 is 49.6 Å². The molecule has 0 saturated carbocycles. The van der Waals surface area contributed by atoms with Crippen LogP contribution in [0.4, 0.5) is 5.69 Å². The molecule has 0 unspecified atom stereocenters. The van der Waals surface area contributed by atoms with Gasteiger partial charge in [-0.05, 0) is 72.9 Å². The van der Waals surface area contributed by atoms with Crippen molar-refractivity contribution in [2.24, 2.45) is 5.41 Å². The summed E-state index contributed by atoms with van der Waals surface area (Å²) in [6, 6.07) is 19.8. The summed E-state index contributed by atoms with van der Waals surface area (Å²) in [4.78, 5) is 52.1. The van der Waals surface area contributed by atoms with E-state index in [1.165, 1.54) is 4.90 Å². The van der Waals surface area contributed by atoms with Crippen LogP contribution < -0.4 is 20.7 Å². The normalized spacial score (nSPS) is 16.1. The van der Waals surface area contributed by atoms with Crippen LogP contribution in [0.1, 0.15) is 51.4 Å². The fourth-order valence-corrected chi connectivity index (χ4v) is 8.97. The van der Waals surface area contributed by atoms with Gasteiger partial charge in [0.05, 0.1) is 84.7 Å². The number of hydrogen-bond acceptors (Lipinski definition) is 14. The number of amides is 3. The summed E-state index contributed by atoms with van der Waals surface area (Å²) in [6.45, 7) is 11.8. The average molecular weight is 917 g/mol. The van der Waals surface area contributed by atoms with Gasteiger partial charge in [-0.3, -0.25) is 14.4 Å². The minimum Gasteiger partial charge on any atom is -0.491 e. The number of aliphatic hydroxyl groups excluding tert-OH is 1. The van der Waals surface area contributed by atoms with E-state index in [1.807, 2.05) is 102 Å². The lowest BCUT2D eigenvalue weighted by atomic mass is 9.85. The first-order valence-corrected chi connectivity index (χ1v) is 23.2. The highest BCUT2D eigenvalue weighted by atomic mass is 32.1. The van der Waals surface area contributed by atoms with Crippen molar-refractivity contribution < 1.29 is 43.2 Å². The van der Waals surface area contributed by atoms with Gasteiger partial charge in [-0.2, -0.15) is 0 Å². The van der Waals surface area contributed by atoms with E-state index >= 15 is 0 Å². The number of nitrogens with one attached hydrogen (secondary N) is 3. The smallest absolute Gasteiger partial charge is 0.246 e. The SMILES string of the molecule is CNc1ccc(-c2nc3ccc(OCCOCCOCCOCCOCC(=O)N[C@H](C(=O)N4C[C@H](O)C[C@H]4C(=O)N[C@@H](C)c4ccc(-c5scnc5C)cc4)C(C)(C)C)cc3s2)cc1. The van der Waals surface area contributed by atoms with Crippen LogP contribution in [0.5, 0.6) is 5.75 Å². The minimum atomic E-state index is -0.963. The Balaban J connectivity index is 0.820. The number of likely N-dealkylation sites (tertiary alicyclic amines) is 1. The van der Waals surface area contributed by atoms with Crippen LogP contribution in [0, 0.1) is 12.3 Å². The van der Waals surface area contributed by atoms with Crippen molar-refractivity contribution in [3.8, 4) is 26.8 Å². The molecule has 1 aliphatic heterocycles. The molecule has 3 heterocycles. The summed E-state index contributed by atoms with van der Waals surface area (Å²) >= 11 is 3.20. The van der Waals surface area contributed by atoms with E-state index < -0.39 is 35.4 Å². The molecule has 1 aliphatic rings. The maximum Gasteiger partial charge on any atom is 0.246 e. The van der Waals surface area contributed by atoms with E-state index in [-0.39, 0.29) is 44.7 Å². The molecule has 4 atom stereocenters. The predicted octanol–water partition coefficient (Wildman–Crippen LogP) is 6.25. The molecule has 5 aromatic rings. The molecule has 1 fully saturated rings. The zero-order valence-electron chi connectivity index (χ0n) is 37.4. The Hall–Kier alpha value is -5.01. The molecule has 17 heteroatoms. The fraction of sp³-hybridized carbons (Fsp3) is 0.468. The molecule has 0 spiro atoms. The second-order valence-corrected chi connectivity index (χ2v) is 18.5. The molecular formula is C47H60N6O9S2. The number of fused-ring (bicyclic) bond motifs is 1. The number of hydrogen-bond donors (Lipinski definition) is 4. The number of rotatable bonds is 23. The van der Waals surface area contributed by atoms with Gasteiger partial charge in [0, 0.05) is 31.3 Å². The Morgan fingerprint density at radius 1 is 0.859 bits per heavy atom. The van der Waals surface area contributed by atoms with E-state index in [1.54, 1.807) is 22.7 Å². The number of anilines is 1. The standard InChI is InChI=1S/C47H60N6O9S2/c1-30(32-7-9-33(10-8-32)42-31(2)49-29-63-42)50-44(56)39-25-36(54)27-53(39)46(57)43(47(3,4)5)52-41(55)28-61-22-21-59-18-17-58-19-20-60-23-24-62-37-15-16-38-40(26-37)64-45(51-38)34-11-13-35(48-6)14-12-34/h7-16,26,29-30,36,39,43,48,54H,17-25,27-28H2,1-6H3,(H,50,56)(H,52,55)/t30-,36+,39-,43+/m0/s1. The summed E-state index contributed by atoms with van der Waals surface area (Å²) in [5, 5.41) is 20.5. The van der Waals surface area contributed by atoms with Crippen LogP contribution in [0.3, 0.4) is 0 Å². The molecule has 1 saturated heterocycles. The first-order chi connectivity index (χ1) is 30.8. The molecular weight excluding hydrogens is 857 g/mol. The highest BCUT2D eigenvalue weighted by Gasteiger charge is 2.44. The Labute approximate surface area is 382 Å². The minimum absolute atomic E-state index is 0.0157. The third kappa shape index (κ3) is 13.5. The van der Waals surface area contributed by atoms with Crippen LogP contribution in [0.2, 0.25) is 0 Å². The summed E-state index contributed by atoms with van der Waals surface area (Å²) in [5.74, 6) is -0.522. The van der Waals surface area contributed by atoms with Gasteiger partial charge in [0.2, 0.25) is 17.7 Å². The molecule has 0 aliphatic carbocycles. The van der Waals surface area contributed by atoms with Gasteiger partial charge in [-0.15, -0.1) is 22.7 Å². The number of β-amino-alcohol motifs (C(OH)–C–C–N with tert-alkyl or cyclic N) is 1. The molecule has 344 valence electrons. The second-order valence-electron chi connectivity index (χ2n) is 16.6. The number of aliphatic hydroxyl groups is 1. The number of thiazole rings is 2. The average Bonchev–Trinajstić information content (AvgIpc) is 4.03. The van der Waals surface area contributed by atoms with E-state index in [2.05, 4.69) is 33.1 Å². The van der Waals surface area contributed by atoms with E-state index in [0.29, 0.717) is 39.6 Å². The molecule has 3 aromatic carbocycles. The Morgan fingerprint density at radius 2 is 1.50 bits per heavy atom.